The highest BCUT2D eigenvalue weighted by atomic mass is 35.5. The molecule has 0 amide bonds. The highest BCUT2D eigenvalue weighted by Gasteiger charge is 2.24. The van der Waals surface area contributed by atoms with Gasteiger partial charge in [0.1, 0.15) is 0 Å². The van der Waals surface area contributed by atoms with Crippen LogP contribution in [0.4, 0.5) is 4.79 Å². The minimum Gasteiger partial charge on any atom is -0.437 e. The largest absolute Gasteiger partial charge is 0.511 e. The monoisotopic (exact) mass is 463 g/mol. The van der Waals surface area contributed by atoms with E-state index in [9.17, 15) is 19.7 Å². The van der Waals surface area contributed by atoms with Gasteiger partial charge in [-0.2, -0.15) is 0 Å². The number of benzene rings is 2. The van der Waals surface area contributed by atoms with Crippen LogP contribution in [0.2, 0.25) is 11.8 Å². The van der Waals surface area contributed by atoms with Crippen molar-refractivity contribution in [3.63, 3.8) is 0 Å². The van der Waals surface area contributed by atoms with Crippen LogP contribution in [0.25, 0.3) is 11.1 Å². The average Bonchev–Trinajstić information content (AvgIpc) is 2.74. The number of hydrogen-bond acceptors (Lipinski definition) is 8. The fourth-order valence-electron chi connectivity index (χ4n) is 3.09. The van der Waals surface area contributed by atoms with Crippen molar-refractivity contribution >= 4 is 30.8 Å². The maximum absolute atomic E-state index is 12.0. The number of carbonyl (C=O) groups excluding carboxylic acids is 2. The van der Waals surface area contributed by atoms with Gasteiger partial charge in [-0.25, -0.2) is 9.59 Å². The van der Waals surface area contributed by atoms with Gasteiger partial charge in [0.25, 0.3) is 0 Å². The molecule has 2 rings (SSSR count). The normalized spacial score (nSPS) is 12.5. The van der Waals surface area contributed by atoms with Gasteiger partial charge in [-0.05, 0) is 55.4 Å². The molecule has 8 nitrogen and oxygen atoms in total. The first-order valence-electron chi connectivity index (χ1n) is 10.2. The summed E-state index contributed by atoms with van der Waals surface area (Å²) in [4.78, 5) is 23.1. The molecule has 10 heteroatoms. The van der Waals surface area contributed by atoms with E-state index < -0.39 is 38.1 Å². The van der Waals surface area contributed by atoms with Crippen molar-refractivity contribution in [1.29, 1.82) is 0 Å². The molecule has 0 saturated heterocycles. The first-order valence-corrected chi connectivity index (χ1v) is 10.6. The summed E-state index contributed by atoms with van der Waals surface area (Å²) < 4.78 is 13.8. The Bertz CT molecular complexity index is 879. The van der Waals surface area contributed by atoms with E-state index in [0.717, 1.165) is 16.7 Å². The van der Waals surface area contributed by atoms with Gasteiger partial charge in [0.15, 0.2) is 6.10 Å². The SMILES string of the molecule is CCOC(=O)OCOC(=O)[C@H](O)C[C@@H](Cc1ccc(-c2cccc(Cl)c2)cc1)NB(C)O. The van der Waals surface area contributed by atoms with Gasteiger partial charge in [-0.15, -0.1) is 0 Å². The molecule has 0 bridgehead atoms. The zero-order valence-corrected chi connectivity index (χ0v) is 18.7. The first kappa shape index (κ1) is 25.7. The zero-order chi connectivity index (χ0) is 23.5. The molecule has 2 aromatic rings. The second-order valence-electron chi connectivity index (χ2n) is 7.11. The first-order chi connectivity index (χ1) is 15.3. The third-order valence-electron chi connectivity index (χ3n) is 4.49. The number of halogens is 1. The summed E-state index contributed by atoms with van der Waals surface area (Å²) in [6.07, 6.45) is -2.00. The Labute approximate surface area is 192 Å². The lowest BCUT2D eigenvalue weighted by Gasteiger charge is -2.22. The molecule has 0 aromatic heterocycles. The van der Waals surface area contributed by atoms with Crippen molar-refractivity contribution in [3.05, 3.63) is 59.1 Å². The van der Waals surface area contributed by atoms with Crippen LogP contribution in [0, 0.1) is 0 Å². The van der Waals surface area contributed by atoms with Crippen molar-refractivity contribution in [3.8, 4) is 11.1 Å². The average molecular weight is 464 g/mol. The molecule has 3 N–H and O–H groups in total. The maximum Gasteiger partial charge on any atom is 0.511 e. The quantitative estimate of drug-likeness (QED) is 0.265. The lowest BCUT2D eigenvalue weighted by molar-refractivity contribution is -0.163. The fraction of sp³-hybridized carbons (Fsp3) is 0.364. The summed E-state index contributed by atoms with van der Waals surface area (Å²) in [7, 11) is -0.846. The Morgan fingerprint density at radius 3 is 2.44 bits per heavy atom. The van der Waals surface area contributed by atoms with Crippen LogP contribution < -0.4 is 5.23 Å². The van der Waals surface area contributed by atoms with E-state index in [1.165, 1.54) is 0 Å². The lowest BCUT2D eigenvalue weighted by atomic mass is 9.84. The summed E-state index contributed by atoms with van der Waals surface area (Å²) >= 11 is 6.05. The Kier molecular flexibility index (Phi) is 10.5. The number of carbonyl (C=O) groups is 2. The van der Waals surface area contributed by atoms with Crippen molar-refractivity contribution in [2.75, 3.05) is 13.4 Å². The van der Waals surface area contributed by atoms with Crippen LogP contribution in [0.1, 0.15) is 18.9 Å². The topological polar surface area (TPSA) is 114 Å². The minimum absolute atomic E-state index is 0.0147. The Hall–Kier alpha value is -2.59. The van der Waals surface area contributed by atoms with E-state index in [0.29, 0.717) is 11.4 Å². The van der Waals surface area contributed by atoms with Crippen molar-refractivity contribution < 1.29 is 33.9 Å². The molecule has 0 aliphatic carbocycles. The minimum atomic E-state index is -1.47. The van der Waals surface area contributed by atoms with Gasteiger partial charge in [0, 0.05) is 11.1 Å². The van der Waals surface area contributed by atoms with E-state index in [1.54, 1.807) is 13.7 Å². The number of hydrogen-bond donors (Lipinski definition) is 3. The molecule has 0 unspecified atom stereocenters. The van der Waals surface area contributed by atoms with Crippen LogP contribution in [-0.4, -0.2) is 54.9 Å². The molecule has 0 fully saturated rings. The van der Waals surface area contributed by atoms with E-state index in [-0.39, 0.29) is 13.0 Å². The molecule has 0 aliphatic heterocycles. The van der Waals surface area contributed by atoms with Crippen molar-refractivity contribution in [2.45, 2.75) is 38.7 Å². The molecule has 0 heterocycles. The molecule has 2 atom stereocenters. The number of ether oxygens (including phenoxy) is 3. The molecular weight excluding hydrogens is 437 g/mol. The Balaban J connectivity index is 1.94. The van der Waals surface area contributed by atoms with Gasteiger partial charge in [0.2, 0.25) is 6.79 Å². The number of esters is 1. The van der Waals surface area contributed by atoms with Crippen LogP contribution in [0.15, 0.2) is 48.5 Å². The van der Waals surface area contributed by atoms with Crippen molar-refractivity contribution in [2.24, 2.45) is 0 Å². The number of aliphatic hydroxyl groups excluding tert-OH is 1. The van der Waals surface area contributed by atoms with Gasteiger partial charge in [-0.3, -0.25) is 0 Å². The fourth-order valence-corrected chi connectivity index (χ4v) is 3.28. The molecule has 0 radical (unpaired) electrons. The second kappa shape index (κ2) is 13.1. The Morgan fingerprint density at radius 2 is 1.81 bits per heavy atom. The van der Waals surface area contributed by atoms with E-state index in [1.807, 2.05) is 48.5 Å². The summed E-state index contributed by atoms with van der Waals surface area (Å²) in [5.74, 6) is -0.942. The molecular formula is C22H27BClNO7. The third-order valence-corrected chi connectivity index (χ3v) is 4.73. The lowest BCUT2D eigenvalue weighted by Crippen LogP contribution is -2.44. The standard InChI is InChI=1S/C22H27BClNO7/c1-3-30-22(28)32-14-31-21(27)20(26)13-19(25-23(2)29)11-15-7-9-16(10-8-15)17-5-4-6-18(24)12-17/h4-10,12,19-20,25-26,29H,3,11,13-14H2,1-2H3/t19-,20-/m1/s1. The Morgan fingerprint density at radius 1 is 1.09 bits per heavy atom. The molecule has 2 aromatic carbocycles. The summed E-state index contributed by atoms with van der Waals surface area (Å²) in [6.45, 7) is 2.63. The third kappa shape index (κ3) is 8.88. The highest BCUT2D eigenvalue weighted by Crippen LogP contribution is 2.23. The van der Waals surface area contributed by atoms with Gasteiger partial charge in [-0.1, -0.05) is 48.0 Å². The van der Waals surface area contributed by atoms with Crippen LogP contribution in [0.5, 0.6) is 0 Å². The molecule has 0 saturated carbocycles. The number of aliphatic hydroxyl groups is 1. The zero-order valence-electron chi connectivity index (χ0n) is 18.0. The van der Waals surface area contributed by atoms with Gasteiger partial charge in [0.05, 0.1) is 6.61 Å². The molecule has 0 aliphatic rings. The van der Waals surface area contributed by atoms with Gasteiger partial charge >= 0.3 is 19.2 Å². The molecule has 0 spiro atoms. The highest BCUT2D eigenvalue weighted by molar-refractivity contribution is 6.45. The second-order valence-corrected chi connectivity index (χ2v) is 7.55. The van der Waals surface area contributed by atoms with E-state index >= 15 is 0 Å². The predicted octanol–water partition coefficient (Wildman–Crippen LogP) is 3.04. The summed E-state index contributed by atoms with van der Waals surface area (Å²) in [5, 5.41) is 23.5. The number of rotatable bonds is 11. The number of nitrogens with one attached hydrogen (secondary N) is 1. The maximum atomic E-state index is 12.0. The predicted molar refractivity (Wildman–Crippen MR) is 121 cm³/mol. The van der Waals surface area contributed by atoms with Gasteiger partial charge < -0.3 is 29.6 Å². The molecule has 32 heavy (non-hydrogen) atoms. The van der Waals surface area contributed by atoms with E-state index in [2.05, 4.69) is 14.7 Å². The van der Waals surface area contributed by atoms with E-state index in [4.69, 9.17) is 16.3 Å². The molecule has 172 valence electrons. The summed E-state index contributed by atoms with van der Waals surface area (Å²) in [5.41, 5.74) is 2.94. The van der Waals surface area contributed by atoms with Crippen LogP contribution in [-0.2, 0) is 25.4 Å². The van der Waals surface area contributed by atoms with Crippen LogP contribution >= 0.6 is 11.6 Å². The van der Waals surface area contributed by atoms with Crippen molar-refractivity contribution in [1.82, 2.24) is 5.23 Å². The smallest absolute Gasteiger partial charge is 0.437 e. The summed E-state index contributed by atoms with van der Waals surface area (Å²) in [6, 6.07) is 14.9. The van der Waals surface area contributed by atoms with Crippen LogP contribution in [0.3, 0.4) is 0 Å².